The van der Waals surface area contributed by atoms with E-state index in [1.54, 1.807) is 0 Å². The van der Waals surface area contributed by atoms with Crippen molar-refractivity contribution in [1.29, 1.82) is 0 Å². The monoisotopic (exact) mass is 627 g/mol. The lowest BCUT2D eigenvalue weighted by molar-refractivity contribution is 0.669. The van der Waals surface area contributed by atoms with E-state index in [-0.39, 0.29) is 0 Å². The number of para-hydroxylation sites is 1. The van der Waals surface area contributed by atoms with E-state index < -0.39 is 0 Å². The zero-order chi connectivity index (χ0) is 32.3. The minimum atomic E-state index is 0.655. The van der Waals surface area contributed by atoms with Gasteiger partial charge >= 0.3 is 0 Å². The lowest BCUT2D eigenvalue weighted by Crippen LogP contribution is -2.01. The van der Waals surface area contributed by atoms with Crippen molar-refractivity contribution in [1.82, 2.24) is 15.0 Å². The Morgan fingerprint density at radius 2 is 1.06 bits per heavy atom. The van der Waals surface area contributed by atoms with Gasteiger partial charge in [0.15, 0.2) is 17.5 Å². The highest BCUT2D eigenvalue weighted by Gasteiger charge is 2.16. The quantitative estimate of drug-likeness (QED) is 0.195. The third-order valence-corrected chi connectivity index (χ3v) is 9.74. The summed E-state index contributed by atoms with van der Waals surface area (Å²) in [5.74, 6) is 1.99. The van der Waals surface area contributed by atoms with Crippen LogP contribution < -0.4 is 0 Å². The summed E-state index contributed by atoms with van der Waals surface area (Å²) >= 11 is 0. The number of rotatable bonds is 4. The van der Waals surface area contributed by atoms with E-state index in [2.05, 4.69) is 133 Å². The van der Waals surface area contributed by atoms with Crippen LogP contribution in [0.25, 0.3) is 94.8 Å². The van der Waals surface area contributed by atoms with Gasteiger partial charge in [-0.1, -0.05) is 115 Å². The average Bonchev–Trinajstić information content (AvgIpc) is 3.56. The van der Waals surface area contributed by atoms with E-state index in [9.17, 15) is 0 Å². The molecule has 0 unspecified atom stereocenters. The minimum absolute atomic E-state index is 0.655. The minimum Gasteiger partial charge on any atom is -0.456 e. The first kappa shape index (κ1) is 27.7. The normalized spacial score (nSPS) is 12.7. The fourth-order valence-corrected chi connectivity index (χ4v) is 7.23. The van der Waals surface area contributed by atoms with Gasteiger partial charge in [-0.25, -0.2) is 15.0 Å². The molecule has 4 nitrogen and oxygen atoms in total. The van der Waals surface area contributed by atoms with Crippen molar-refractivity contribution < 1.29 is 4.42 Å². The van der Waals surface area contributed by atoms with Crippen molar-refractivity contribution in [3.8, 4) is 45.3 Å². The highest BCUT2D eigenvalue weighted by molar-refractivity contribution is 6.12. The van der Waals surface area contributed by atoms with Gasteiger partial charge in [-0.05, 0) is 93.0 Å². The number of aryl methyl sites for hydroxylation is 1. The molecule has 10 rings (SSSR count). The zero-order valence-electron chi connectivity index (χ0n) is 26.6. The number of hydrogen-bond acceptors (Lipinski definition) is 4. The molecule has 230 valence electrons. The number of fused-ring (bicyclic) bond motifs is 6. The molecule has 0 atom stereocenters. The van der Waals surface area contributed by atoms with Crippen molar-refractivity contribution >= 4 is 49.6 Å². The van der Waals surface area contributed by atoms with E-state index in [4.69, 9.17) is 19.4 Å². The third-order valence-electron chi connectivity index (χ3n) is 9.74. The Morgan fingerprint density at radius 3 is 1.86 bits per heavy atom. The molecule has 0 saturated heterocycles. The summed E-state index contributed by atoms with van der Waals surface area (Å²) in [6.45, 7) is 0. The lowest BCUT2D eigenvalue weighted by atomic mass is 9.95. The molecule has 2 heterocycles. The zero-order valence-corrected chi connectivity index (χ0v) is 26.6. The second-order valence-electron chi connectivity index (χ2n) is 12.8. The van der Waals surface area contributed by atoms with Crippen LogP contribution in [0.3, 0.4) is 0 Å². The molecule has 1 aliphatic rings. The summed E-state index contributed by atoms with van der Waals surface area (Å²) in [6.07, 6.45) is 6.59. The van der Waals surface area contributed by atoms with E-state index in [1.807, 2.05) is 18.2 Å². The first-order valence-corrected chi connectivity index (χ1v) is 16.7. The maximum Gasteiger partial charge on any atom is 0.164 e. The van der Waals surface area contributed by atoms with Gasteiger partial charge in [-0.15, -0.1) is 0 Å². The summed E-state index contributed by atoms with van der Waals surface area (Å²) < 4.78 is 6.18. The molecule has 0 radical (unpaired) electrons. The van der Waals surface area contributed by atoms with Gasteiger partial charge in [0.05, 0.1) is 0 Å². The standard InChI is InChI=1S/C45H29N3O/c1-3-10-30-25-35(21-16-28(30)8-1)43-46-44(36-22-17-29-9-2-4-11-31(29)26-36)48-45(47-43)37-23-19-32-24-34(20-18-33(32)27-37)38-13-7-15-41-42(38)39-12-5-6-14-40(39)49-41/h1,3-8,10-27H,2,9H2. The number of hydrogen-bond donors (Lipinski definition) is 0. The Balaban J connectivity index is 1.10. The molecule has 0 fully saturated rings. The van der Waals surface area contributed by atoms with Gasteiger partial charge in [-0.2, -0.15) is 0 Å². The summed E-state index contributed by atoms with van der Waals surface area (Å²) in [4.78, 5) is 15.2. The summed E-state index contributed by atoms with van der Waals surface area (Å²) in [5, 5.41) is 6.89. The van der Waals surface area contributed by atoms with Crippen molar-refractivity contribution in [2.24, 2.45) is 0 Å². The highest BCUT2D eigenvalue weighted by Crippen LogP contribution is 2.38. The Morgan fingerprint density at radius 1 is 0.469 bits per heavy atom. The van der Waals surface area contributed by atoms with Gasteiger partial charge < -0.3 is 4.42 Å². The molecular formula is C45H29N3O. The van der Waals surface area contributed by atoms with Crippen molar-refractivity contribution in [3.63, 3.8) is 0 Å². The Labute approximate surface area is 283 Å². The van der Waals surface area contributed by atoms with Crippen molar-refractivity contribution in [3.05, 3.63) is 157 Å². The van der Waals surface area contributed by atoms with Gasteiger partial charge in [0.1, 0.15) is 11.2 Å². The van der Waals surface area contributed by atoms with Crippen LogP contribution in [-0.4, -0.2) is 15.0 Å². The number of nitrogens with zero attached hydrogens (tertiary/aromatic N) is 3. The molecule has 0 spiro atoms. The van der Waals surface area contributed by atoms with Crippen molar-refractivity contribution in [2.45, 2.75) is 12.8 Å². The second kappa shape index (κ2) is 11.1. The number of furan rings is 1. The van der Waals surface area contributed by atoms with Crippen LogP contribution in [0, 0.1) is 0 Å². The predicted molar refractivity (Wildman–Crippen MR) is 201 cm³/mol. The molecule has 2 aromatic heterocycles. The van der Waals surface area contributed by atoms with Gasteiger partial charge in [0, 0.05) is 27.5 Å². The summed E-state index contributed by atoms with van der Waals surface area (Å²) in [7, 11) is 0. The molecule has 0 amide bonds. The molecule has 7 aromatic carbocycles. The van der Waals surface area contributed by atoms with Crippen molar-refractivity contribution in [2.75, 3.05) is 0 Å². The van der Waals surface area contributed by atoms with Crippen LogP contribution in [0.5, 0.6) is 0 Å². The number of aromatic nitrogens is 3. The SMILES string of the molecule is C1=Cc2cc(-c3nc(-c4ccc5ccccc5c4)nc(-c4ccc5cc(-c6cccc7oc8ccccc8c67)ccc5c4)n3)ccc2CC1. The lowest BCUT2D eigenvalue weighted by Gasteiger charge is -2.13. The Kier molecular flexibility index (Phi) is 6.28. The Bertz CT molecular complexity index is 2790. The molecule has 4 heteroatoms. The first-order chi connectivity index (χ1) is 24.2. The molecule has 0 bridgehead atoms. The van der Waals surface area contributed by atoms with Crippen LogP contribution in [0.15, 0.2) is 150 Å². The van der Waals surface area contributed by atoms with E-state index in [1.165, 1.54) is 16.5 Å². The van der Waals surface area contributed by atoms with Gasteiger partial charge in [0.2, 0.25) is 0 Å². The highest BCUT2D eigenvalue weighted by atomic mass is 16.3. The fourth-order valence-electron chi connectivity index (χ4n) is 7.23. The van der Waals surface area contributed by atoms with Crippen LogP contribution in [-0.2, 0) is 6.42 Å². The van der Waals surface area contributed by atoms with Crippen LogP contribution in [0.4, 0.5) is 0 Å². The molecule has 0 saturated carbocycles. The van der Waals surface area contributed by atoms with Crippen LogP contribution in [0.1, 0.15) is 17.5 Å². The van der Waals surface area contributed by atoms with Crippen LogP contribution >= 0.6 is 0 Å². The topological polar surface area (TPSA) is 51.8 Å². The molecule has 0 aliphatic heterocycles. The molecule has 0 N–H and O–H groups in total. The summed E-state index contributed by atoms with van der Waals surface area (Å²) in [6, 6.07) is 49.0. The van der Waals surface area contributed by atoms with Crippen LogP contribution in [0.2, 0.25) is 0 Å². The fraction of sp³-hybridized carbons (Fsp3) is 0.0444. The van der Waals surface area contributed by atoms with Gasteiger partial charge in [0.25, 0.3) is 0 Å². The average molecular weight is 628 g/mol. The Hall–Kier alpha value is -6.39. The van der Waals surface area contributed by atoms with E-state index in [0.717, 1.165) is 78.8 Å². The molecule has 49 heavy (non-hydrogen) atoms. The maximum atomic E-state index is 6.18. The predicted octanol–water partition coefficient (Wildman–Crippen LogP) is 11.7. The molecular weight excluding hydrogens is 599 g/mol. The molecule has 9 aromatic rings. The third kappa shape index (κ3) is 4.80. The molecule has 1 aliphatic carbocycles. The second-order valence-corrected chi connectivity index (χ2v) is 12.8. The smallest absolute Gasteiger partial charge is 0.164 e. The largest absolute Gasteiger partial charge is 0.456 e. The number of allylic oxidation sites excluding steroid dienone is 1. The number of benzene rings is 7. The van der Waals surface area contributed by atoms with E-state index in [0.29, 0.717) is 17.5 Å². The van der Waals surface area contributed by atoms with E-state index >= 15 is 0 Å². The summed E-state index contributed by atoms with van der Waals surface area (Å²) in [5.41, 5.74) is 9.62. The first-order valence-electron chi connectivity index (χ1n) is 16.7. The van der Waals surface area contributed by atoms with Gasteiger partial charge in [-0.3, -0.25) is 0 Å². The maximum absolute atomic E-state index is 6.18.